The number of aromatic nitrogens is 1. The zero-order chi connectivity index (χ0) is 15.4. The summed E-state index contributed by atoms with van der Waals surface area (Å²) in [5.74, 6) is 1.46. The van der Waals surface area contributed by atoms with Crippen molar-refractivity contribution < 1.29 is 9.84 Å². The van der Waals surface area contributed by atoms with Gasteiger partial charge in [0.15, 0.2) is 0 Å². The third-order valence-corrected chi connectivity index (χ3v) is 3.46. The van der Waals surface area contributed by atoms with Gasteiger partial charge in [-0.1, -0.05) is 30.3 Å². The van der Waals surface area contributed by atoms with Gasteiger partial charge < -0.3 is 15.6 Å². The number of ether oxygens (including phenoxy) is 1. The van der Waals surface area contributed by atoms with Crippen LogP contribution in [0.3, 0.4) is 0 Å². The minimum atomic E-state index is -0.226. The molecule has 0 aliphatic carbocycles. The van der Waals surface area contributed by atoms with Crippen molar-refractivity contribution in [1.82, 2.24) is 4.98 Å². The molecule has 0 radical (unpaired) electrons. The molecule has 2 aromatic carbocycles. The topological polar surface area (TPSA) is 68.4 Å². The van der Waals surface area contributed by atoms with Crippen LogP contribution in [0.25, 0.3) is 10.9 Å². The third kappa shape index (κ3) is 5.08. The minimum absolute atomic E-state index is 0. The van der Waals surface area contributed by atoms with Gasteiger partial charge in [-0.05, 0) is 36.2 Å². The summed E-state index contributed by atoms with van der Waals surface area (Å²) in [6.07, 6.45) is 2.37. The number of aliphatic hydroxyl groups is 1. The lowest BCUT2D eigenvalue weighted by atomic mass is 10.1. The molecule has 1 atom stereocenters. The summed E-state index contributed by atoms with van der Waals surface area (Å²) >= 11 is 0. The molecule has 1 unspecified atom stereocenters. The summed E-state index contributed by atoms with van der Waals surface area (Å²) < 4.78 is 5.83. The SMILES string of the molecule is Cl.Cl.NC(CO)Cc1ccc(Oc2cnc3ccccc3c2)cc1. The fourth-order valence-electron chi connectivity index (χ4n) is 2.30. The number of rotatable bonds is 5. The van der Waals surface area contributed by atoms with Crippen LogP contribution in [0.4, 0.5) is 0 Å². The molecule has 0 spiro atoms. The van der Waals surface area contributed by atoms with Crippen molar-refractivity contribution in [2.45, 2.75) is 12.5 Å². The molecule has 0 fully saturated rings. The number of pyridine rings is 1. The maximum atomic E-state index is 8.98. The van der Waals surface area contributed by atoms with Gasteiger partial charge in [-0.3, -0.25) is 4.98 Å². The summed E-state index contributed by atoms with van der Waals surface area (Å²) in [6.45, 7) is -0.0129. The number of halogens is 2. The van der Waals surface area contributed by atoms with Crippen molar-refractivity contribution in [3.63, 3.8) is 0 Å². The van der Waals surface area contributed by atoms with Crippen LogP contribution in [0, 0.1) is 0 Å². The van der Waals surface area contributed by atoms with E-state index in [0.29, 0.717) is 12.2 Å². The van der Waals surface area contributed by atoms with Gasteiger partial charge in [-0.25, -0.2) is 0 Å². The van der Waals surface area contributed by atoms with Gasteiger partial charge >= 0.3 is 0 Å². The average molecular weight is 367 g/mol. The van der Waals surface area contributed by atoms with Crippen LogP contribution >= 0.6 is 24.8 Å². The highest BCUT2D eigenvalue weighted by atomic mass is 35.5. The number of benzene rings is 2. The predicted molar refractivity (Wildman–Crippen MR) is 102 cm³/mol. The largest absolute Gasteiger partial charge is 0.456 e. The third-order valence-electron chi connectivity index (χ3n) is 3.46. The average Bonchev–Trinajstić information content (AvgIpc) is 2.56. The number of hydrogen-bond acceptors (Lipinski definition) is 4. The van der Waals surface area contributed by atoms with E-state index in [1.54, 1.807) is 6.20 Å². The number of nitrogens with zero attached hydrogens (tertiary/aromatic N) is 1. The van der Waals surface area contributed by atoms with E-state index in [2.05, 4.69) is 4.98 Å². The van der Waals surface area contributed by atoms with E-state index in [9.17, 15) is 0 Å². The molecule has 0 aliphatic heterocycles. The molecule has 0 bridgehead atoms. The second-order valence-electron chi connectivity index (χ2n) is 5.26. The first-order valence-electron chi connectivity index (χ1n) is 7.22. The Balaban J connectivity index is 0.00000144. The smallest absolute Gasteiger partial charge is 0.146 e. The lowest BCUT2D eigenvalue weighted by molar-refractivity contribution is 0.265. The van der Waals surface area contributed by atoms with Crippen molar-refractivity contribution >= 4 is 35.7 Å². The number of nitrogens with two attached hydrogens (primary N) is 1. The highest BCUT2D eigenvalue weighted by Crippen LogP contribution is 2.24. The van der Waals surface area contributed by atoms with E-state index < -0.39 is 0 Å². The van der Waals surface area contributed by atoms with Gasteiger partial charge in [0, 0.05) is 11.4 Å². The fourth-order valence-corrected chi connectivity index (χ4v) is 2.30. The lowest BCUT2D eigenvalue weighted by Gasteiger charge is -2.10. The highest BCUT2D eigenvalue weighted by Gasteiger charge is 2.04. The summed E-state index contributed by atoms with van der Waals surface area (Å²) in [6, 6.07) is 17.4. The molecule has 3 N–H and O–H groups in total. The Labute approximate surface area is 153 Å². The summed E-state index contributed by atoms with van der Waals surface area (Å²) in [5.41, 5.74) is 7.75. The highest BCUT2D eigenvalue weighted by molar-refractivity contribution is 5.85. The Kier molecular flexibility index (Phi) is 7.95. The van der Waals surface area contributed by atoms with Crippen molar-refractivity contribution in [2.75, 3.05) is 6.61 Å². The molecule has 3 aromatic rings. The van der Waals surface area contributed by atoms with Crippen molar-refractivity contribution in [1.29, 1.82) is 0 Å². The Bertz CT molecular complexity index is 766. The standard InChI is InChI=1S/C18H18N2O2.2ClH/c19-15(12-21)9-13-5-7-16(8-6-13)22-17-10-14-3-1-2-4-18(14)20-11-17;;/h1-8,10-11,15,21H,9,12,19H2;2*1H. The molecule has 24 heavy (non-hydrogen) atoms. The van der Waals surface area contributed by atoms with Crippen LogP contribution in [-0.4, -0.2) is 22.7 Å². The van der Waals surface area contributed by atoms with Crippen LogP contribution in [0.5, 0.6) is 11.5 Å². The fraction of sp³-hybridized carbons (Fsp3) is 0.167. The van der Waals surface area contributed by atoms with Crippen LogP contribution in [0.2, 0.25) is 0 Å². The summed E-state index contributed by atoms with van der Waals surface area (Å²) in [4.78, 5) is 4.38. The second-order valence-corrected chi connectivity index (χ2v) is 5.26. The molecule has 4 nitrogen and oxygen atoms in total. The second kappa shape index (κ2) is 9.45. The number of hydrogen-bond donors (Lipinski definition) is 2. The monoisotopic (exact) mass is 366 g/mol. The van der Waals surface area contributed by atoms with E-state index >= 15 is 0 Å². The molecule has 6 heteroatoms. The van der Waals surface area contributed by atoms with Gasteiger partial charge in [-0.15, -0.1) is 24.8 Å². The van der Waals surface area contributed by atoms with Crippen molar-refractivity contribution in [2.24, 2.45) is 5.73 Å². The molecule has 0 amide bonds. The lowest BCUT2D eigenvalue weighted by Crippen LogP contribution is -2.26. The number of aliphatic hydroxyl groups excluding tert-OH is 1. The maximum Gasteiger partial charge on any atom is 0.146 e. The zero-order valence-corrected chi connectivity index (χ0v) is 14.6. The molecule has 0 aliphatic rings. The van der Waals surface area contributed by atoms with E-state index in [-0.39, 0.29) is 37.5 Å². The quantitative estimate of drug-likeness (QED) is 0.721. The van der Waals surface area contributed by atoms with Crippen molar-refractivity contribution in [3.05, 3.63) is 66.4 Å². The van der Waals surface area contributed by atoms with Crippen LogP contribution < -0.4 is 10.5 Å². The molecule has 0 saturated heterocycles. The zero-order valence-electron chi connectivity index (χ0n) is 13.0. The Morgan fingerprint density at radius 2 is 1.71 bits per heavy atom. The maximum absolute atomic E-state index is 8.98. The Morgan fingerprint density at radius 1 is 1.00 bits per heavy atom. The molecule has 1 aromatic heterocycles. The summed E-state index contributed by atoms with van der Waals surface area (Å²) in [7, 11) is 0. The first-order valence-corrected chi connectivity index (χ1v) is 7.22. The normalized spacial score (nSPS) is 11.2. The minimum Gasteiger partial charge on any atom is -0.456 e. The predicted octanol–water partition coefficient (Wildman–Crippen LogP) is 3.73. The first kappa shape index (κ1) is 20.2. The molecule has 1 heterocycles. The van der Waals surface area contributed by atoms with Crippen LogP contribution in [-0.2, 0) is 6.42 Å². The first-order chi connectivity index (χ1) is 10.7. The number of para-hydroxylation sites is 1. The molecular weight excluding hydrogens is 347 g/mol. The van der Waals surface area contributed by atoms with Crippen LogP contribution in [0.1, 0.15) is 5.56 Å². The van der Waals surface area contributed by atoms with Crippen LogP contribution in [0.15, 0.2) is 60.8 Å². The molecular formula is C18H20Cl2N2O2. The van der Waals surface area contributed by atoms with Gasteiger partial charge in [-0.2, -0.15) is 0 Å². The van der Waals surface area contributed by atoms with Crippen molar-refractivity contribution in [3.8, 4) is 11.5 Å². The summed E-state index contributed by atoms with van der Waals surface area (Å²) in [5, 5.41) is 10.0. The van der Waals surface area contributed by atoms with Gasteiger partial charge in [0.1, 0.15) is 11.5 Å². The van der Waals surface area contributed by atoms with E-state index in [4.69, 9.17) is 15.6 Å². The Hall–Kier alpha value is -1.85. The van der Waals surface area contributed by atoms with Gasteiger partial charge in [0.25, 0.3) is 0 Å². The molecule has 128 valence electrons. The molecule has 0 saturated carbocycles. The Morgan fingerprint density at radius 3 is 2.42 bits per heavy atom. The van der Waals surface area contributed by atoms with Gasteiger partial charge in [0.05, 0.1) is 18.3 Å². The van der Waals surface area contributed by atoms with E-state index in [1.165, 1.54) is 0 Å². The van der Waals surface area contributed by atoms with Gasteiger partial charge in [0.2, 0.25) is 0 Å². The molecule has 3 rings (SSSR count). The van der Waals surface area contributed by atoms with E-state index in [0.717, 1.165) is 22.2 Å². The van der Waals surface area contributed by atoms with E-state index in [1.807, 2.05) is 54.6 Å². The number of fused-ring (bicyclic) bond motifs is 1.